The summed E-state index contributed by atoms with van der Waals surface area (Å²) in [6.07, 6.45) is 0. The van der Waals surface area contributed by atoms with E-state index in [2.05, 4.69) is 5.32 Å². The number of amides is 1. The van der Waals surface area contributed by atoms with Crippen molar-refractivity contribution in [1.82, 2.24) is 0 Å². The number of anilines is 1. The average molecular weight is 263 g/mol. The Balaban J connectivity index is 2.25. The van der Waals surface area contributed by atoms with Crippen molar-refractivity contribution in [3.63, 3.8) is 0 Å². The van der Waals surface area contributed by atoms with E-state index in [1.807, 2.05) is 0 Å². The predicted octanol–water partition coefficient (Wildman–Crippen LogP) is 3.23. The SMILES string of the molecule is Cc1ccc(C(=O)Nc2cc(F)cc(F)c2)c(O)c1. The Morgan fingerprint density at radius 2 is 1.74 bits per heavy atom. The number of carbonyl (C=O) groups excluding carboxylic acids is 1. The molecule has 0 aromatic heterocycles. The molecule has 0 radical (unpaired) electrons. The second kappa shape index (κ2) is 5.06. The smallest absolute Gasteiger partial charge is 0.259 e. The number of hydrogen-bond acceptors (Lipinski definition) is 2. The highest BCUT2D eigenvalue weighted by Crippen LogP contribution is 2.20. The van der Waals surface area contributed by atoms with Gasteiger partial charge in [0.15, 0.2) is 0 Å². The molecule has 0 fully saturated rings. The van der Waals surface area contributed by atoms with E-state index in [1.165, 1.54) is 12.1 Å². The molecule has 2 aromatic carbocycles. The molecule has 0 aliphatic carbocycles. The van der Waals surface area contributed by atoms with Gasteiger partial charge in [0.05, 0.1) is 5.56 Å². The van der Waals surface area contributed by atoms with E-state index in [0.717, 1.165) is 17.7 Å². The number of benzene rings is 2. The number of rotatable bonds is 2. The summed E-state index contributed by atoms with van der Waals surface area (Å²) in [6, 6.07) is 7.22. The number of aryl methyl sites for hydroxylation is 1. The van der Waals surface area contributed by atoms with Gasteiger partial charge < -0.3 is 10.4 Å². The van der Waals surface area contributed by atoms with Gasteiger partial charge in [-0.15, -0.1) is 0 Å². The molecule has 1 amide bonds. The van der Waals surface area contributed by atoms with Crippen LogP contribution in [0.1, 0.15) is 15.9 Å². The van der Waals surface area contributed by atoms with Gasteiger partial charge in [-0.25, -0.2) is 8.78 Å². The fourth-order valence-corrected chi connectivity index (χ4v) is 1.66. The summed E-state index contributed by atoms with van der Waals surface area (Å²) in [7, 11) is 0. The summed E-state index contributed by atoms with van der Waals surface area (Å²) in [4.78, 5) is 11.9. The van der Waals surface area contributed by atoms with Gasteiger partial charge in [0, 0.05) is 11.8 Å². The van der Waals surface area contributed by atoms with Crippen molar-refractivity contribution in [1.29, 1.82) is 0 Å². The molecule has 0 saturated heterocycles. The molecule has 5 heteroatoms. The molecule has 3 nitrogen and oxygen atoms in total. The number of aromatic hydroxyl groups is 1. The first-order valence-electron chi connectivity index (χ1n) is 5.53. The zero-order valence-electron chi connectivity index (χ0n) is 10.1. The van der Waals surface area contributed by atoms with Crippen LogP contribution in [0.4, 0.5) is 14.5 Å². The zero-order valence-corrected chi connectivity index (χ0v) is 10.1. The van der Waals surface area contributed by atoms with Crippen molar-refractivity contribution < 1.29 is 18.7 Å². The van der Waals surface area contributed by atoms with Gasteiger partial charge in [0.2, 0.25) is 0 Å². The van der Waals surface area contributed by atoms with Crippen LogP contribution >= 0.6 is 0 Å². The second-order valence-electron chi connectivity index (χ2n) is 4.13. The van der Waals surface area contributed by atoms with Gasteiger partial charge in [-0.2, -0.15) is 0 Å². The van der Waals surface area contributed by atoms with E-state index in [9.17, 15) is 18.7 Å². The minimum absolute atomic E-state index is 0.0116. The minimum atomic E-state index is -0.788. The van der Waals surface area contributed by atoms with Gasteiger partial charge in [0.1, 0.15) is 17.4 Å². The van der Waals surface area contributed by atoms with Crippen molar-refractivity contribution in [3.05, 3.63) is 59.2 Å². The number of halogens is 2. The zero-order chi connectivity index (χ0) is 14.0. The normalized spacial score (nSPS) is 10.3. The van der Waals surface area contributed by atoms with Crippen LogP contribution in [0.3, 0.4) is 0 Å². The van der Waals surface area contributed by atoms with Crippen LogP contribution in [0.25, 0.3) is 0 Å². The standard InChI is InChI=1S/C14H11F2NO2/c1-8-2-3-12(13(18)4-8)14(19)17-11-6-9(15)5-10(16)7-11/h2-7,18H,1H3,(H,17,19). The van der Waals surface area contributed by atoms with Gasteiger partial charge in [-0.3, -0.25) is 4.79 Å². The maximum absolute atomic E-state index is 13.0. The highest BCUT2D eigenvalue weighted by Gasteiger charge is 2.12. The molecule has 0 aliphatic heterocycles. The minimum Gasteiger partial charge on any atom is -0.507 e. The molecular weight excluding hydrogens is 252 g/mol. The lowest BCUT2D eigenvalue weighted by molar-refractivity contribution is 0.102. The molecule has 2 aromatic rings. The van der Waals surface area contributed by atoms with Crippen LogP contribution < -0.4 is 5.32 Å². The Hall–Kier alpha value is -2.43. The molecule has 2 rings (SSSR count). The van der Waals surface area contributed by atoms with E-state index in [0.29, 0.717) is 6.07 Å². The molecule has 0 bridgehead atoms. The lowest BCUT2D eigenvalue weighted by atomic mass is 10.1. The van der Waals surface area contributed by atoms with Gasteiger partial charge in [0.25, 0.3) is 5.91 Å². The topological polar surface area (TPSA) is 49.3 Å². The van der Waals surface area contributed by atoms with Crippen LogP contribution in [0, 0.1) is 18.6 Å². The second-order valence-corrected chi connectivity index (χ2v) is 4.13. The fourth-order valence-electron chi connectivity index (χ4n) is 1.66. The third-order valence-electron chi connectivity index (χ3n) is 2.52. The molecule has 0 spiro atoms. The van der Waals surface area contributed by atoms with Gasteiger partial charge in [-0.1, -0.05) is 6.07 Å². The van der Waals surface area contributed by atoms with E-state index in [4.69, 9.17) is 0 Å². The number of phenols is 1. The monoisotopic (exact) mass is 263 g/mol. The summed E-state index contributed by atoms with van der Waals surface area (Å²) in [5.74, 6) is -2.40. The van der Waals surface area contributed by atoms with Crippen molar-refractivity contribution in [2.24, 2.45) is 0 Å². The third-order valence-corrected chi connectivity index (χ3v) is 2.52. The molecule has 2 N–H and O–H groups in total. The van der Waals surface area contributed by atoms with Gasteiger partial charge in [-0.05, 0) is 36.8 Å². The van der Waals surface area contributed by atoms with E-state index < -0.39 is 17.5 Å². The molecule has 98 valence electrons. The highest BCUT2D eigenvalue weighted by atomic mass is 19.1. The first-order chi connectivity index (χ1) is 8.95. The number of hydrogen-bond donors (Lipinski definition) is 2. The Morgan fingerprint density at radius 3 is 2.32 bits per heavy atom. The van der Waals surface area contributed by atoms with Crippen LogP contribution in [-0.4, -0.2) is 11.0 Å². The predicted molar refractivity (Wildman–Crippen MR) is 67.2 cm³/mol. The lowest BCUT2D eigenvalue weighted by Gasteiger charge is -2.07. The van der Waals surface area contributed by atoms with E-state index in [-0.39, 0.29) is 17.0 Å². The largest absolute Gasteiger partial charge is 0.507 e. The van der Waals surface area contributed by atoms with Gasteiger partial charge >= 0.3 is 0 Å². The van der Waals surface area contributed by atoms with Crippen LogP contribution in [0.15, 0.2) is 36.4 Å². The summed E-state index contributed by atoms with van der Waals surface area (Å²) in [5, 5.41) is 12.0. The Kier molecular flexibility index (Phi) is 3.46. The Morgan fingerprint density at radius 1 is 1.11 bits per heavy atom. The Bertz CT molecular complexity index is 621. The average Bonchev–Trinajstić information content (AvgIpc) is 2.26. The van der Waals surface area contributed by atoms with E-state index >= 15 is 0 Å². The number of phenolic OH excluding ortho intramolecular Hbond substituents is 1. The molecule has 0 atom stereocenters. The molecular formula is C14H11F2NO2. The third kappa shape index (κ3) is 3.07. The lowest BCUT2D eigenvalue weighted by Crippen LogP contribution is -2.12. The summed E-state index contributed by atoms with van der Waals surface area (Å²) >= 11 is 0. The van der Waals surface area contributed by atoms with Crippen molar-refractivity contribution >= 4 is 11.6 Å². The maximum Gasteiger partial charge on any atom is 0.259 e. The molecule has 0 heterocycles. The molecule has 19 heavy (non-hydrogen) atoms. The summed E-state index contributed by atoms with van der Waals surface area (Å²) in [5.41, 5.74) is 0.823. The molecule has 0 aliphatic rings. The van der Waals surface area contributed by atoms with Crippen molar-refractivity contribution in [2.45, 2.75) is 6.92 Å². The van der Waals surface area contributed by atoms with E-state index in [1.54, 1.807) is 13.0 Å². The summed E-state index contributed by atoms with van der Waals surface area (Å²) < 4.78 is 25.9. The number of nitrogens with one attached hydrogen (secondary N) is 1. The van der Waals surface area contributed by atoms with Crippen molar-refractivity contribution in [2.75, 3.05) is 5.32 Å². The number of carbonyl (C=O) groups is 1. The van der Waals surface area contributed by atoms with Crippen LogP contribution in [0.5, 0.6) is 5.75 Å². The van der Waals surface area contributed by atoms with Crippen molar-refractivity contribution in [3.8, 4) is 5.75 Å². The maximum atomic E-state index is 13.0. The first-order valence-corrected chi connectivity index (χ1v) is 5.53. The Labute approximate surface area is 108 Å². The summed E-state index contributed by atoms with van der Waals surface area (Å²) in [6.45, 7) is 1.77. The van der Waals surface area contributed by atoms with Crippen LogP contribution in [-0.2, 0) is 0 Å². The molecule has 0 unspecified atom stereocenters. The highest BCUT2D eigenvalue weighted by molar-refractivity contribution is 6.06. The molecule has 0 saturated carbocycles. The fraction of sp³-hybridized carbons (Fsp3) is 0.0714. The first kappa shape index (κ1) is 13.0. The quantitative estimate of drug-likeness (QED) is 0.873. The van der Waals surface area contributed by atoms with Crippen LogP contribution in [0.2, 0.25) is 0 Å².